The Morgan fingerprint density at radius 1 is 1.44 bits per heavy atom. The van der Waals surface area contributed by atoms with Crippen LogP contribution in [-0.2, 0) is 6.54 Å². The highest BCUT2D eigenvalue weighted by Crippen LogP contribution is 2.24. The molecule has 0 unspecified atom stereocenters. The predicted molar refractivity (Wildman–Crippen MR) is 69.4 cm³/mol. The van der Waals surface area contributed by atoms with E-state index in [1.807, 2.05) is 36.7 Å². The van der Waals surface area contributed by atoms with Gasteiger partial charge in [-0.15, -0.1) is 11.3 Å². The third-order valence-electron chi connectivity index (χ3n) is 2.32. The monoisotopic (exact) mass is 252 g/mol. The molecule has 0 radical (unpaired) electrons. The molecule has 0 aliphatic heterocycles. The summed E-state index contributed by atoms with van der Waals surface area (Å²) in [5.41, 5.74) is 1.98. The predicted octanol–water partition coefficient (Wildman–Crippen LogP) is 3.76. The Bertz CT molecular complexity index is 554. The van der Waals surface area contributed by atoms with Gasteiger partial charge in [-0.2, -0.15) is 0 Å². The SMILES string of the molecule is CCn1ccsc1=Nc1ccc(C)cc1Cl. The van der Waals surface area contributed by atoms with Gasteiger partial charge in [0.2, 0.25) is 0 Å². The first-order chi connectivity index (χ1) is 7.70. The maximum atomic E-state index is 6.14. The molecule has 4 heteroatoms. The molecule has 0 spiro atoms. The van der Waals surface area contributed by atoms with Gasteiger partial charge in [-0.1, -0.05) is 17.7 Å². The summed E-state index contributed by atoms with van der Waals surface area (Å²) in [4.78, 5) is 5.54. The van der Waals surface area contributed by atoms with Gasteiger partial charge in [-0.05, 0) is 31.5 Å². The number of halogens is 1. The van der Waals surface area contributed by atoms with Crippen LogP contribution < -0.4 is 4.80 Å². The molecule has 0 amide bonds. The molecule has 0 aliphatic carbocycles. The van der Waals surface area contributed by atoms with Crippen molar-refractivity contribution in [3.8, 4) is 0 Å². The van der Waals surface area contributed by atoms with Crippen molar-refractivity contribution >= 4 is 28.6 Å². The van der Waals surface area contributed by atoms with Gasteiger partial charge in [-0.25, -0.2) is 4.99 Å². The van der Waals surface area contributed by atoms with E-state index < -0.39 is 0 Å². The lowest BCUT2D eigenvalue weighted by molar-refractivity contribution is 0.737. The molecule has 1 heterocycles. The summed E-state index contributed by atoms with van der Waals surface area (Å²) in [6.45, 7) is 5.04. The summed E-state index contributed by atoms with van der Waals surface area (Å²) in [5, 5.41) is 2.74. The highest BCUT2D eigenvalue weighted by molar-refractivity contribution is 7.07. The third kappa shape index (κ3) is 2.36. The number of hydrogen-bond acceptors (Lipinski definition) is 2. The lowest BCUT2D eigenvalue weighted by atomic mass is 10.2. The number of nitrogens with zero attached hydrogens (tertiary/aromatic N) is 2. The number of aromatic nitrogens is 1. The fourth-order valence-corrected chi connectivity index (χ4v) is 2.52. The maximum Gasteiger partial charge on any atom is 0.189 e. The summed E-state index contributed by atoms with van der Waals surface area (Å²) < 4.78 is 2.10. The molecule has 84 valence electrons. The second kappa shape index (κ2) is 4.85. The van der Waals surface area contributed by atoms with Gasteiger partial charge in [0, 0.05) is 18.1 Å². The summed E-state index contributed by atoms with van der Waals surface area (Å²) in [5.74, 6) is 0. The van der Waals surface area contributed by atoms with Gasteiger partial charge >= 0.3 is 0 Å². The summed E-state index contributed by atoms with van der Waals surface area (Å²) in [6, 6.07) is 5.91. The summed E-state index contributed by atoms with van der Waals surface area (Å²) in [7, 11) is 0. The van der Waals surface area contributed by atoms with Crippen LogP contribution >= 0.6 is 22.9 Å². The van der Waals surface area contributed by atoms with Crippen molar-refractivity contribution in [3.05, 3.63) is 45.2 Å². The number of aryl methyl sites for hydroxylation is 2. The minimum absolute atomic E-state index is 0.705. The zero-order valence-electron chi connectivity index (χ0n) is 9.27. The second-order valence-corrected chi connectivity index (χ2v) is 4.82. The Morgan fingerprint density at radius 3 is 2.94 bits per heavy atom. The fraction of sp³-hybridized carbons (Fsp3) is 0.250. The van der Waals surface area contributed by atoms with Crippen molar-refractivity contribution in [2.24, 2.45) is 4.99 Å². The van der Waals surface area contributed by atoms with E-state index in [0.29, 0.717) is 5.02 Å². The molecule has 0 N–H and O–H groups in total. The van der Waals surface area contributed by atoms with Gasteiger partial charge in [-0.3, -0.25) is 0 Å². The van der Waals surface area contributed by atoms with Crippen LogP contribution in [-0.4, -0.2) is 4.57 Å². The zero-order chi connectivity index (χ0) is 11.5. The van der Waals surface area contributed by atoms with Gasteiger partial charge < -0.3 is 4.57 Å². The Kier molecular flexibility index (Phi) is 3.46. The molecular formula is C12H13ClN2S. The van der Waals surface area contributed by atoms with E-state index in [-0.39, 0.29) is 0 Å². The summed E-state index contributed by atoms with van der Waals surface area (Å²) in [6.07, 6.45) is 2.03. The molecular weight excluding hydrogens is 240 g/mol. The Balaban J connectivity index is 2.50. The van der Waals surface area contributed by atoms with Crippen molar-refractivity contribution in [2.75, 3.05) is 0 Å². The topological polar surface area (TPSA) is 17.3 Å². The first-order valence-corrected chi connectivity index (χ1v) is 6.41. The number of benzene rings is 1. The smallest absolute Gasteiger partial charge is 0.189 e. The van der Waals surface area contributed by atoms with Crippen LogP contribution in [0.2, 0.25) is 5.02 Å². The van der Waals surface area contributed by atoms with Crippen LogP contribution in [0, 0.1) is 6.92 Å². The van der Waals surface area contributed by atoms with E-state index in [1.54, 1.807) is 11.3 Å². The molecule has 1 aromatic heterocycles. The number of hydrogen-bond donors (Lipinski definition) is 0. The molecule has 0 fully saturated rings. The van der Waals surface area contributed by atoms with E-state index in [2.05, 4.69) is 16.5 Å². The highest BCUT2D eigenvalue weighted by Gasteiger charge is 1.99. The molecule has 16 heavy (non-hydrogen) atoms. The quantitative estimate of drug-likeness (QED) is 0.774. The first-order valence-electron chi connectivity index (χ1n) is 5.15. The average molecular weight is 253 g/mol. The zero-order valence-corrected chi connectivity index (χ0v) is 10.8. The van der Waals surface area contributed by atoms with Gasteiger partial charge in [0.05, 0.1) is 10.7 Å². The minimum atomic E-state index is 0.705. The minimum Gasteiger partial charge on any atom is -0.324 e. The molecule has 2 aromatic rings. The van der Waals surface area contributed by atoms with Gasteiger partial charge in [0.1, 0.15) is 0 Å². The molecule has 2 nitrogen and oxygen atoms in total. The lowest BCUT2D eigenvalue weighted by Crippen LogP contribution is -2.11. The Labute approximate surface area is 104 Å². The van der Waals surface area contributed by atoms with Crippen LogP contribution in [0.3, 0.4) is 0 Å². The molecule has 0 saturated carbocycles. The van der Waals surface area contributed by atoms with Crippen molar-refractivity contribution < 1.29 is 0 Å². The maximum absolute atomic E-state index is 6.14. The Hall–Kier alpha value is -1.06. The third-order valence-corrected chi connectivity index (χ3v) is 3.42. The van der Waals surface area contributed by atoms with E-state index in [1.165, 1.54) is 0 Å². The van der Waals surface area contributed by atoms with Crippen molar-refractivity contribution in [2.45, 2.75) is 20.4 Å². The molecule has 0 bridgehead atoms. The average Bonchev–Trinajstić information content (AvgIpc) is 2.69. The van der Waals surface area contributed by atoms with E-state index >= 15 is 0 Å². The largest absolute Gasteiger partial charge is 0.324 e. The van der Waals surface area contributed by atoms with E-state index in [4.69, 9.17) is 11.6 Å². The summed E-state index contributed by atoms with van der Waals surface area (Å²) >= 11 is 7.76. The normalized spacial score (nSPS) is 12.1. The number of thiazole rings is 1. The van der Waals surface area contributed by atoms with Crippen LogP contribution in [0.5, 0.6) is 0 Å². The van der Waals surface area contributed by atoms with Gasteiger partial charge in [0.25, 0.3) is 0 Å². The van der Waals surface area contributed by atoms with Gasteiger partial charge in [0.15, 0.2) is 4.80 Å². The fourth-order valence-electron chi connectivity index (χ4n) is 1.43. The van der Waals surface area contributed by atoms with E-state index in [0.717, 1.165) is 22.6 Å². The number of rotatable bonds is 2. The molecule has 0 atom stereocenters. The van der Waals surface area contributed by atoms with Crippen molar-refractivity contribution in [1.82, 2.24) is 4.57 Å². The molecule has 0 aliphatic rings. The van der Waals surface area contributed by atoms with Crippen LogP contribution in [0.1, 0.15) is 12.5 Å². The molecule has 2 rings (SSSR count). The van der Waals surface area contributed by atoms with Crippen molar-refractivity contribution in [3.63, 3.8) is 0 Å². The Morgan fingerprint density at radius 2 is 2.25 bits per heavy atom. The highest BCUT2D eigenvalue weighted by atomic mass is 35.5. The second-order valence-electron chi connectivity index (χ2n) is 3.54. The molecule has 1 aromatic carbocycles. The standard InChI is InChI=1S/C12H13ClN2S/c1-3-15-6-7-16-12(15)14-11-5-4-9(2)8-10(11)13/h4-8H,3H2,1-2H3. The lowest BCUT2D eigenvalue weighted by Gasteiger charge is -2.00. The van der Waals surface area contributed by atoms with E-state index in [9.17, 15) is 0 Å². The first kappa shape index (κ1) is 11.4. The molecule has 0 saturated heterocycles. The van der Waals surface area contributed by atoms with Crippen LogP contribution in [0.25, 0.3) is 0 Å². The van der Waals surface area contributed by atoms with Crippen LogP contribution in [0.15, 0.2) is 34.8 Å². The van der Waals surface area contributed by atoms with Crippen LogP contribution in [0.4, 0.5) is 5.69 Å². The van der Waals surface area contributed by atoms with Crippen molar-refractivity contribution in [1.29, 1.82) is 0 Å².